The number of rotatable bonds is 5. The third-order valence-electron chi connectivity index (χ3n) is 2.61. The van der Waals surface area contributed by atoms with Crippen molar-refractivity contribution in [3.63, 3.8) is 0 Å². The molecule has 2 N–H and O–H groups in total. The number of pyridine rings is 1. The predicted molar refractivity (Wildman–Crippen MR) is 70.8 cm³/mol. The lowest BCUT2D eigenvalue weighted by molar-refractivity contribution is -0.137. The van der Waals surface area contributed by atoms with Crippen molar-refractivity contribution in [1.29, 1.82) is 0 Å². The van der Waals surface area contributed by atoms with Crippen LogP contribution in [0, 0.1) is 0 Å². The monoisotopic (exact) mass is 305 g/mol. The van der Waals surface area contributed by atoms with Gasteiger partial charge in [0, 0.05) is 19.3 Å². The molecule has 1 rings (SSSR count). The standard InChI is InChI=1S/C13H18F3N3O2/c1-12(21,8-19(2)3)7-18-11(20)10-5-4-9(6-17-10)13(14,15)16/h4-6,21H,7-8H2,1-3H3,(H,18,20). The molecule has 0 aliphatic rings. The van der Waals surface area contributed by atoms with E-state index >= 15 is 0 Å². The lowest BCUT2D eigenvalue weighted by atomic mass is 10.1. The summed E-state index contributed by atoms with van der Waals surface area (Å²) in [6, 6.07) is 1.79. The van der Waals surface area contributed by atoms with Gasteiger partial charge in [0.2, 0.25) is 0 Å². The summed E-state index contributed by atoms with van der Waals surface area (Å²) >= 11 is 0. The third kappa shape index (κ3) is 5.68. The number of alkyl halides is 3. The molecular weight excluding hydrogens is 287 g/mol. The summed E-state index contributed by atoms with van der Waals surface area (Å²) in [4.78, 5) is 17.0. The quantitative estimate of drug-likeness (QED) is 0.856. The number of aliphatic hydroxyl groups is 1. The van der Waals surface area contributed by atoms with Crippen molar-refractivity contribution < 1.29 is 23.1 Å². The highest BCUT2D eigenvalue weighted by molar-refractivity contribution is 5.92. The van der Waals surface area contributed by atoms with Gasteiger partial charge in [0.25, 0.3) is 5.91 Å². The van der Waals surface area contributed by atoms with Crippen molar-refractivity contribution >= 4 is 5.91 Å². The van der Waals surface area contributed by atoms with Crippen LogP contribution in [0.3, 0.4) is 0 Å². The van der Waals surface area contributed by atoms with Crippen LogP contribution in [0.5, 0.6) is 0 Å². The number of hydrogen-bond acceptors (Lipinski definition) is 4. The van der Waals surface area contributed by atoms with Crippen LogP contribution < -0.4 is 5.32 Å². The Morgan fingerprint density at radius 1 is 1.38 bits per heavy atom. The smallest absolute Gasteiger partial charge is 0.387 e. The molecule has 0 radical (unpaired) electrons. The van der Waals surface area contributed by atoms with Crippen LogP contribution in [-0.4, -0.2) is 53.7 Å². The second kappa shape index (κ2) is 6.40. The van der Waals surface area contributed by atoms with Crippen LogP contribution in [-0.2, 0) is 6.18 Å². The Morgan fingerprint density at radius 2 is 2.00 bits per heavy atom. The fourth-order valence-electron chi connectivity index (χ4n) is 1.79. The van der Waals surface area contributed by atoms with E-state index in [4.69, 9.17) is 0 Å². The molecule has 0 bridgehead atoms. The minimum absolute atomic E-state index is 0.0350. The molecule has 0 aromatic carbocycles. The van der Waals surface area contributed by atoms with Gasteiger partial charge in [-0.3, -0.25) is 9.78 Å². The van der Waals surface area contributed by atoms with Crippen LogP contribution in [0.15, 0.2) is 18.3 Å². The number of nitrogens with one attached hydrogen (secondary N) is 1. The topological polar surface area (TPSA) is 65.5 Å². The number of aromatic nitrogens is 1. The van der Waals surface area contributed by atoms with Gasteiger partial charge in [-0.1, -0.05) is 0 Å². The van der Waals surface area contributed by atoms with Crippen LogP contribution in [0.25, 0.3) is 0 Å². The Morgan fingerprint density at radius 3 is 2.43 bits per heavy atom. The Hall–Kier alpha value is -1.67. The SMILES string of the molecule is CN(C)CC(C)(O)CNC(=O)c1ccc(C(F)(F)F)cn1. The zero-order chi connectivity index (χ0) is 16.3. The summed E-state index contributed by atoms with van der Waals surface area (Å²) < 4.78 is 37.1. The Kier molecular flexibility index (Phi) is 5.30. The highest BCUT2D eigenvalue weighted by atomic mass is 19.4. The zero-order valence-electron chi connectivity index (χ0n) is 12.0. The van der Waals surface area contributed by atoms with Gasteiger partial charge in [-0.2, -0.15) is 13.2 Å². The molecule has 0 aliphatic carbocycles. The van der Waals surface area contributed by atoms with Crippen molar-refractivity contribution in [3.8, 4) is 0 Å². The number of likely N-dealkylation sites (N-methyl/N-ethyl adjacent to an activating group) is 1. The third-order valence-corrected chi connectivity index (χ3v) is 2.61. The van der Waals surface area contributed by atoms with Crippen LogP contribution in [0.1, 0.15) is 23.0 Å². The number of carbonyl (C=O) groups excluding carboxylic acids is 1. The number of halogens is 3. The molecule has 0 aliphatic heterocycles. The van der Waals surface area contributed by atoms with E-state index in [2.05, 4.69) is 10.3 Å². The molecular formula is C13H18F3N3O2. The van der Waals surface area contributed by atoms with E-state index in [-0.39, 0.29) is 12.2 Å². The summed E-state index contributed by atoms with van der Waals surface area (Å²) in [6.45, 7) is 1.84. The number of nitrogens with zero attached hydrogens (tertiary/aromatic N) is 2. The highest BCUT2D eigenvalue weighted by Crippen LogP contribution is 2.28. The Bertz CT molecular complexity index is 484. The van der Waals surface area contributed by atoms with Crippen LogP contribution >= 0.6 is 0 Å². The van der Waals surface area contributed by atoms with Crippen molar-refractivity contribution in [3.05, 3.63) is 29.6 Å². The molecule has 1 amide bonds. The van der Waals surface area contributed by atoms with E-state index in [1.54, 1.807) is 25.9 Å². The van der Waals surface area contributed by atoms with Gasteiger partial charge < -0.3 is 15.3 Å². The summed E-state index contributed by atoms with van der Waals surface area (Å²) in [7, 11) is 3.54. The fraction of sp³-hybridized carbons (Fsp3) is 0.538. The van der Waals surface area contributed by atoms with Crippen molar-refractivity contribution in [1.82, 2.24) is 15.2 Å². The van der Waals surface area contributed by atoms with E-state index in [1.165, 1.54) is 0 Å². The van der Waals surface area contributed by atoms with Crippen molar-refractivity contribution in [2.45, 2.75) is 18.7 Å². The van der Waals surface area contributed by atoms with Gasteiger partial charge >= 0.3 is 6.18 Å². The van der Waals surface area contributed by atoms with Crippen LogP contribution in [0.4, 0.5) is 13.2 Å². The van der Waals surface area contributed by atoms with Gasteiger partial charge in [0.1, 0.15) is 5.69 Å². The van der Waals surface area contributed by atoms with E-state index in [0.717, 1.165) is 12.1 Å². The second-order valence-corrected chi connectivity index (χ2v) is 5.35. The number of carbonyl (C=O) groups is 1. The lowest BCUT2D eigenvalue weighted by Gasteiger charge is -2.26. The van der Waals surface area contributed by atoms with Gasteiger partial charge in [-0.05, 0) is 33.2 Å². The van der Waals surface area contributed by atoms with Crippen LogP contribution in [0.2, 0.25) is 0 Å². The zero-order valence-corrected chi connectivity index (χ0v) is 12.0. The van der Waals surface area contributed by atoms with Crippen molar-refractivity contribution in [2.75, 3.05) is 27.2 Å². The van der Waals surface area contributed by atoms with Crippen molar-refractivity contribution in [2.24, 2.45) is 0 Å². The molecule has 1 atom stereocenters. The normalized spacial score (nSPS) is 14.9. The summed E-state index contributed by atoms with van der Waals surface area (Å²) in [5.74, 6) is -0.636. The average molecular weight is 305 g/mol. The molecule has 8 heteroatoms. The van der Waals surface area contributed by atoms with Gasteiger partial charge in [0.15, 0.2) is 0 Å². The molecule has 1 aromatic rings. The molecule has 5 nitrogen and oxygen atoms in total. The summed E-state index contributed by atoms with van der Waals surface area (Å²) in [5.41, 5.74) is -2.20. The van der Waals surface area contributed by atoms with E-state index in [0.29, 0.717) is 12.7 Å². The maximum absolute atomic E-state index is 12.4. The molecule has 118 valence electrons. The molecule has 0 fully saturated rings. The first-order chi connectivity index (χ1) is 9.51. The first-order valence-corrected chi connectivity index (χ1v) is 6.20. The van der Waals surface area contributed by atoms with E-state index in [1.807, 2.05) is 0 Å². The maximum atomic E-state index is 12.4. The fourth-order valence-corrected chi connectivity index (χ4v) is 1.79. The average Bonchev–Trinajstić information content (AvgIpc) is 2.33. The Labute approximate surface area is 120 Å². The van der Waals surface area contributed by atoms with Gasteiger partial charge in [-0.15, -0.1) is 0 Å². The number of hydrogen-bond donors (Lipinski definition) is 2. The largest absolute Gasteiger partial charge is 0.417 e. The summed E-state index contributed by atoms with van der Waals surface area (Å²) in [5, 5.41) is 12.4. The van der Waals surface area contributed by atoms with E-state index in [9.17, 15) is 23.1 Å². The molecule has 1 aromatic heterocycles. The molecule has 1 unspecified atom stereocenters. The molecule has 0 spiro atoms. The Balaban J connectivity index is 2.64. The molecule has 21 heavy (non-hydrogen) atoms. The minimum Gasteiger partial charge on any atom is -0.387 e. The first kappa shape index (κ1) is 17.4. The van der Waals surface area contributed by atoms with Gasteiger partial charge in [0.05, 0.1) is 11.2 Å². The highest BCUT2D eigenvalue weighted by Gasteiger charge is 2.31. The molecule has 1 heterocycles. The second-order valence-electron chi connectivity index (χ2n) is 5.35. The minimum atomic E-state index is -4.49. The molecule has 0 saturated heterocycles. The van der Waals surface area contributed by atoms with Gasteiger partial charge in [-0.25, -0.2) is 0 Å². The summed E-state index contributed by atoms with van der Waals surface area (Å²) in [6.07, 6.45) is -3.88. The first-order valence-electron chi connectivity index (χ1n) is 6.20. The molecule has 0 saturated carbocycles. The number of amides is 1. The lowest BCUT2D eigenvalue weighted by Crippen LogP contribution is -2.47. The van der Waals surface area contributed by atoms with E-state index < -0.39 is 23.2 Å². The predicted octanol–water partition coefficient (Wildman–Crippen LogP) is 1.14. The maximum Gasteiger partial charge on any atom is 0.417 e.